The summed E-state index contributed by atoms with van der Waals surface area (Å²) in [6.45, 7) is 4.14. The molecule has 4 heteroatoms. The minimum Gasteiger partial charge on any atom is -0.492 e. The predicted octanol–water partition coefficient (Wildman–Crippen LogP) is 4.57. The third-order valence-corrected chi connectivity index (χ3v) is 3.84. The Morgan fingerprint density at radius 3 is 2.74 bits per heavy atom. The molecule has 0 atom stereocenters. The van der Waals surface area contributed by atoms with Gasteiger partial charge in [-0.15, -0.1) is 0 Å². The van der Waals surface area contributed by atoms with Crippen molar-refractivity contribution in [2.45, 2.75) is 6.42 Å². The lowest BCUT2D eigenvalue weighted by Crippen LogP contribution is -2.07. The third kappa shape index (κ3) is 3.63. The molecule has 0 spiro atoms. The van der Waals surface area contributed by atoms with Gasteiger partial charge in [-0.25, -0.2) is 0 Å². The van der Waals surface area contributed by atoms with E-state index in [1.807, 2.05) is 48.6 Å². The van der Waals surface area contributed by atoms with Gasteiger partial charge in [0.2, 0.25) is 5.91 Å². The smallest absolute Gasteiger partial charge is 0.247 e. The Labute approximate surface area is 140 Å². The van der Waals surface area contributed by atoms with Crippen LogP contribution in [0, 0.1) is 0 Å². The zero-order valence-electron chi connectivity index (χ0n) is 12.5. The van der Waals surface area contributed by atoms with E-state index in [0.29, 0.717) is 11.6 Å². The number of ether oxygens (including phenoxy) is 1. The van der Waals surface area contributed by atoms with Gasteiger partial charge in [0.25, 0.3) is 0 Å². The average molecular weight is 326 g/mol. The Kier molecular flexibility index (Phi) is 4.49. The van der Waals surface area contributed by atoms with E-state index in [2.05, 4.69) is 11.9 Å². The fraction of sp³-hybridized carbons (Fsp3) is 0.105. The lowest BCUT2D eigenvalue weighted by Gasteiger charge is -2.09. The summed E-state index contributed by atoms with van der Waals surface area (Å²) in [4.78, 5) is 11.5. The highest BCUT2D eigenvalue weighted by Crippen LogP contribution is 2.34. The van der Waals surface area contributed by atoms with Gasteiger partial charge < -0.3 is 10.1 Å². The first-order valence-electron chi connectivity index (χ1n) is 7.32. The van der Waals surface area contributed by atoms with Crippen molar-refractivity contribution in [3.8, 4) is 5.75 Å². The summed E-state index contributed by atoms with van der Waals surface area (Å²) in [5.41, 5.74) is 3.83. The summed E-state index contributed by atoms with van der Waals surface area (Å²) in [5, 5.41) is 3.51. The molecule has 0 aromatic heterocycles. The molecule has 0 aliphatic carbocycles. The molecule has 2 aromatic carbocycles. The lowest BCUT2D eigenvalue weighted by molar-refractivity contribution is -0.111. The summed E-state index contributed by atoms with van der Waals surface area (Å²) in [6.07, 6.45) is 6.07. The van der Waals surface area contributed by atoms with Gasteiger partial charge in [0.05, 0.1) is 6.61 Å². The summed E-state index contributed by atoms with van der Waals surface area (Å²) in [6, 6.07) is 11.4. The van der Waals surface area contributed by atoms with Crippen molar-refractivity contribution in [1.82, 2.24) is 0 Å². The van der Waals surface area contributed by atoms with Crippen molar-refractivity contribution in [3.63, 3.8) is 0 Å². The van der Waals surface area contributed by atoms with Gasteiger partial charge in [0, 0.05) is 28.3 Å². The molecule has 1 N–H and O–H groups in total. The Morgan fingerprint density at radius 1 is 1.22 bits per heavy atom. The molecule has 0 fully saturated rings. The van der Waals surface area contributed by atoms with Gasteiger partial charge in [-0.1, -0.05) is 42.5 Å². The fourth-order valence-corrected chi connectivity index (χ4v) is 2.61. The highest BCUT2D eigenvalue weighted by Gasteiger charge is 2.17. The molecule has 3 nitrogen and oxygen atoms in total. The first-order valence-corrected chi connectivity index (χ1v) is 7.70. The van der Waals surface area contributed by atoms with Crippen LogP contribution in [0.3, 0.4) is 0 Å². The van der Waals surface area contributed by atoms with E-state index in [1.54, 1.807) is 0 Å². The van der Waals surface area contributed by atoms with Gasteiger partial charge in [-0.3, -0.25) is 4.79 Å². The summed E-state index contributed by atoms with van der Waals surface area (Å²) < 4.78 is 5.72. The monoisotopic (exact) mass is 325 g/mol. The van der Waals surface area contributed by atoms with E-state index in [-0.39, 0.29) is 5.91 Å². The van der Waals surface area contributed by atoms with Crippen LogP contribution in [0.4, 0.5) is 5.69 Å². The van der Waals surface area contributed by atoms with Crippen LogP contribution < -0.4 is 10.1 Å². The molecule has 1 aliphatic heterocycles. The SMILES string of the molecule is C=CC(=O)Nc1cc(/C=C/c2ccc(Cl)cc2)c2c(c1)CCO2. The second kappa shape index (κ2) is 6.71. The zero-order chi connectivity index (χ0) is 16.2. The minimum atomic E-state index is -0.225. The molecule has 0 saturated carbocycles. The lowest BCUT2D eigenvalue weighted by atomic mass is 10.0. The highest BCUT2D eigenvalue weighted by molar-refractivity contribution is 6.30. The molecular weight excluding hydrogens is 310 g/mol. The van der Waals surface area contributed by atoms with Gasteiger partial charge in [-0.05, 0) is 35.9 Å². The number of hydrogen-bond acceptors (Lipinski definition) is 2. The number of amides is 1. The first kappa shape index (κ1) is 15.4. The maximum atomic E-state index is 11.5. The fourth-order valence-electron chi connectivity index (χ4n) is 2.49. The molecule has 116 valence electrons. The number of anilines is 1. The maximum absolute atomic E-state index is 11.5. The molecule has 0 radical (unpaired) electrons. The van der Waals surface area contributed by atoms with E-state index in [0.717, 1.165) is 34.5 Å². The Balaban J connectivity index is 1.92. The number of carbonyl (C=O) groups is 1. The molecule has 1 amide bonds. The molecule has 3 rings (SSSR count). The number of nitrogens with one attached hydrogen (secondary N) is 1. The molecule has 23 heavy (non-hydrogen) atoms. The van der Waals surface area contributed by atoms with E-state index in [9.17, 15) is 4.79 Å². The molecule has 0 bridgehead atoms. The van der Waals surface area contributed by atoms with Crippen LogP contribution >= 0.6 is 11.6 Å². The van der Waals surface area contributed by atoms with Gasteiger partial charge in [-0.2, -0.15) is 0 Å². The van der Waals surface area contributed by atoms with Crippen molar-refractivity contribution in [1.29, 1.82) is 0 Å². The number of carbonyl (C=O) groups excluding carboxylic acids is 1. The quantitative estimate of drug-likeness (QED) is 0.660. The second-order valence-electron chi connectivity index (χ2n) is 5.23. The van der Waals surface area contributed by atoms with Crippen LogP contribution in [-0.2, 0) is 11.2 Å². The minimum absolute atomic E-state index is 0.225. The predicted molar refractivity (Wildman–Crippen MR) is 94.8 cm³/mol. The van der Waals surface area contributed by atoms with Crippen LogP contribution in [0.15, 0.2) is 49.1 Å². The van der Waals surface area contributed by atoms with Crippen LogP contribution in [0.5, 0.6) is 5.75 Å². The Morgan fingerprint density at radius 2 is 2.00 bits per heavy atom. The number of rotatable bonds is 4. The second-order valence-corrected chi connectivity index (χ2v) is 5.67. The van der Waals surface area contributed by atoms with Crippen molar-refractivity contribution in [2.75, 3.05) is 11.9 Å². The largest absolute Gasteiger partial charge is 0.492 e. The number of halogens is 1. The van der Waals surface area contributed by atoms with Crippen molar-refractivity contribution < 1.29 is 9.53 Å². The molecule has 2 aromatic rings. The molecule has 0 unspecified atom stereocenters. The Bertz CT molecular complexity index is 779. The zero-order valence-corrected chi connectivity index (χ0v) is 13.3. The number of benzene rings is 2. The van der Waals surface area contributed by atoms with Crippen LogP contribution in [0.1, 0.15) is 16.7 Å². The topological polar surface area (TPSA) is 38.3 Å². The van der Waals surface area contributed by atoms with E-state index in [4.69, 9.17) is 16.3 Å². The Hall–Kier alpha value is -2.52. The van der Waals surface area contributed by atoms with Crippen molar-refractivity contribution >= 4 is 35.3 Å². The summed E-state index contributed by atoms with van der Waals surface area (Å²) in [5.74, 6) is 0.656. The van der Waals surface area contributed by atoms with Crippen LogP contribution in [0.2, 0.25) is 5.02 Å². The number of fused-ring (bicyclic) bond motifs is 1. The van der Waals surface area contributed by atoms with Crippen molar-refractivity contribution in [3.05, 3.63) is 70.8 Å². The first-order chi connectivity index (χ1) is 11.2. The maximum Gasteiger partial charge on any atom is 0.247 e. The van der Waals surface area contributed by atoms with E-state index < -0.39 is 0 Å². The van der Waals surface area contributed by atoms with Gasteiger partial charge >= 0.3 is 0 Å². The van der Waals surface area contributed by atoms with Crippen LogP contribution in [-0.4, -0.2) is 12.5 Å². The average Bonchev–Trinajstić information content (AvgIpc) is 3.02. The van der Waals surface area contributed by atoms with E-state index in [1.165, 1.54) is 6.08 Å². The molecule has 1 aliphatic rings. The normalized spacial score (nSPS) is 12.7. The highest BCUT2D eigenvalue weighted by atomic mass is 35.5. The third-order valence-electron chi connectivity index (χ3n) is 3.59. The van der Waals surface area contributed by atoms with Crippen LogP contribution in [0.25, 0.3) is 12.2 Å². The molecular formula is C19H16ClNO2. The molecule has 1 heterocycles. The standard InChI is InChI=1S/C19H16ClNO2/c1-2-18(22)21-17-11-14(19-15(12-17)9-10-23-19)6-3-13-4-7-16(20)8-5-13/h2-8,11-12H,1,9-10H2,(H,21,22)/b6-3+. The summed E-state index contributed by atoms with van der Waals surface area (Å²) in [7, 11) is 0. The molecule has 0 saturated heterocycles. The summed E-state index contributed by atoms with van der Waals surface area (Å²) >= 11 is 5.90. The van der Waals surface area contributed by atoms with Gasteiger partial charge in [0.1, 0.15) is 5.75 Å². The van der Waals surface area contributed by atoms with Crippen molar-refractivity contribution in [2.24, 2.45) is 0 Å². The van der Waals surface area contributed by atoms with E-state index >= 15 is 0 Å². The number of hydrogen-bond donors (Lipinski definition) is 1. The van der Waals surface area contributed by atoms with Gasteiger partial charge in [0.15, 0.2) is 0 Å².